The van der Waals surface area contributed by atoms with Gasteiger partial charge < -0.3 is 9.88 Å². The van der Waals surface area contributed by atoms with Gasteiger partial charge in [0.1, 0.15) is 0 Å². The summed E-state index contributed by atoms with van der Waals surface area (Å²) in [5, 5.41) is 11.9. The summed E-state index contributed by atoms with van der Waals surface area (Å²) in [6, 6.07) is 12.2. The number of hydrogen-bond donors (Lipinski definition) is 1. The van der Waals surface area contributed by atoms with E-state index in [4.69, 9.17) is 0 Å². The summed E-state index contributed by atoms with van der Waals surface area (Å²) in [6.45, 7) is 0.452. The molecule has 1 N–H and O–H groups in total. The second-order valence-electron chi connectivity index (χ2n) is 6.64. The summed E-state index contributed by atoms with van der Waals surface area (Å²) in [4.78, 5) is 42.3. The van der Waals surface area contributed by atoms with Crippen molar-refractivity contribution in [3.05, 3.63) is 69.9 Å². The number of hydrogen-bond acceptors (Lipinski definition) is 4. The van der Waals surface area contributed by atoms with Gasteiger partial charge in [0.05, 0.1) is 16.3 Å². The number of aromatic nitrogens is 1. The minimum absolute atomic E-state index is 0.0894. The molecule has 0 aliphatic carbocycles. The molecule has 8 heteroatoms. The third-order valence-electron chi connectivity index (χ3n) is 5.24. The molecule has 2 aromatic carbocycles. The highest BCUT2D eigenvalue weighted by molar-refractivity contribution is 6.21. The molecule has 0 bridgehead atoms. The SMILES string of the molecule is O=C1C2c3[nH]c4ccccc4c3CCN2C(=O)N1c1ccc([N+](=O)[O-])cc1. The van der Waals surface area contributed by atoms with Gasteiger partial charge >= 0.3 is 6.03 Å². The maximum Gasteiger partial charge on any atom is 0.332 e. The van der Waals surface area contributed by atoms with Crippen molar-refractivity contribution < 1.29 is 14.5 Å². The van der Waals surface area contributed by atoms with Crippen molar-refractivity contribution in [2.45, 2.75) is 12.5 Å². The fourth-order valence-electron chi connectivity index (χ4n) is 4.01. The van der Waals surface area contributed by atoms with Gasteiger partial charge in [-0.2, -0.15) is 0 Å². The summed E-state index contributed by atoms with van der Waals surface area (Å²) < 4.78 is 0. The Balaban J connectivity index is 1.58. The number of H-pyrrole nitrogens is 1. The van der Waals surface area contributed by atoms with Gasteiger partial charge in [0.25, 0.3) is 11.6 Å². The zero-order valence-electron chi connectivity index (χ0n) is 14.1. The summed E-state index contributed by atoms with van der Waals surface area (Å²) in [7, 11) is 0. The monoisotopic (exact) mass is 362 g/mol. The topological polar surface area (TPSA) is 99.6 Å². The van der Waals surface area contributed by atoms with Crippen LogP contribution in [0.5, 0.6) is 0 Å². The van der Waals surface area contributed by atoms with Crippen LogP contribution in [0.2, 0.25) is 0 Å². The van der Waals surface area contributed by atoms with Crippen LogP contribution in [0, 0.1) is 10.1 Å². The second kappa shape index (κ2) is 5.41. The minimum atomic E-state index is -0.691. The number of carbonyl (C=O) groups excluding carboxylic acids is 2. The molecule has 2 aliphatic rings. The lowest BCUT2D eigenvalue weighted by atomic mass is 9.98. The number of imide groups is 1. The summed E-state index contributed by atoms with van der Waals surface area (Å²) in [5.41, 5.74) is 3.01. The van der Waals surface area contributed by atoms with Crippen LogP contribution in [-0.2, 0) is 11.2 Å². The van der Waals surface area contributed by atoms with E-state index in [0.717, 1.165) is 27.1 Å². The lowest BCUT2D eigenvalue weighted by molar-refractivity contribution is -0.384. The third kappa shape index (κ3) is 2.10. The van der Waals surface area contributed by atoms with Crippen molar-refractivity contribution in [3.63, 3.8) is 0 Å². The second-order valence-corrected chi connectivity index (χ2v) is 6.64. The van der Waals surface area contributed by atoms with E-state index in [9.17, 15) is 19.7 Å². The molecule has 2 aliphatic heterocycles. The number of nitrogens with zero attached hydrogens (tertiary/aromatic N) is 3. The maximum atomic E-state index is 13.1. The molecule has 0 spiro atoms. The zero-order valence-corrected chi connectivity index (χ0v) is 14.1. The smallest absolute Gasteiger partial charge is 0.332 e. The number of nitrogens with one attached hydrogen (secondary N) is 1. The highest BCUT2D eigenvalue weighted by Gasteiger charge is 2.50. The van der Waals surface area contributed by atoms with E-state index in [2.05, 4.69) is 4.98 Å². The lowest BCUT2D eigenvalue weighted by Crippen LogP contribution is -2.36. The van der Waals surface area contributed by atoms with E-state index in [0.29, 0.717) is 18.7 Å². The normalized spacial score (nSPS) is 18.7. The van der Waals surface area contributed by atoms with Gasteiger partial charge in [0.2, 0.25) is 0 Å². The van der Waals surface area contributed by atoms with Crippen LogP contribution < -0.4 is 4.90 Å². The first-order valence-electron chi connectivity index (χ1n) is 8.55. The molecule has 3 heterocycles. The predicted octanol–water partition coefficient (Wildman–Crippen LogP) is 3.14. The van der Waals surface area contributed by atoms with Gasteiger partial charge in [-0.25, -0.2) is 9.69 Å². The van der Waals surface area contributed by atoms with E-state index < -0.39 is 17.0 Å². The van der Waals surface area contributed by atoms with Crippen LogP contribution in [0.25, 0.3) is 10.9 Å². The Bertz CT molecular complexity index is 1120. The van der Waals surface area contributed by atoms with Crippen LogP contribution >= 0.6 is 0 Å². The zero-order chi connectivity index (χ0) is 18.7. The predicted molar refractivity (Wildman–Crippen MR) is 97.4 cm³/mol. The van der Waals surface area contributed by atoms with Gasteiger partial charge in [-0.1, -0.05) is 18.2 Å². The van der Waals surface area contributed by atoms with Crippen molar-refractivity contribution >= 4 is 34.2 Å². The Hall–Kier alpha value is -3.68. The first-order chi connectivity index (χ1) is 13.1. The van der Waals surface area contributed by atoms with Crippen LogP contribution in [-0.4, -0.2) is 33.3 Å². The number of rotatable bonds is 2. The average Bonchev–Trinajstić information content (AvgIpc) is 3.17. The maximum absolute atomic E-state index is 13.1. The van der Waals surface area contributed by atoms with Crippen molar-refractivity contribution in [1.82, 2.24) is 9.88 Å². The molecule has 8 nitrogen and oxygen atoms in total. The number of benzene rings is 2. The van der Waals surface area contributed by atoms with Gasteiger partial charge in [0.15, 0.2) is 6.04 Å². The van der Waals surface area contributed by atoms with E-state index >= 15 is 0 Å². The number of carbonyl (C=O) groups is 2. The molecule has 134 valence electrons. The van der Waals surface area contributed by atoms with Crippen molar-refractivity contribution in [2.75, 3.05) is 11.4 Å². The van der Waals surface area contributed by atoms with Crippen LogP contribution in [0.3, 0.4) is 0 Å². The average molecular weight is 362 g/mol. The fourth-order valence-corrected chi connectivity index (χ4v) is 4.01. The number of non-ortho nitro benzene ring substituents is 1. The largest absolute Gasteiger partial charge is 0.356 e. The first-order valence-corrected chi connectivity index (χ1v) is 8.55. The van der Waals surface area contributed by atoms with Crippen molar-refractivity contribution in [3.8, 4) is 0 Å². The molecule has 1 saturated heterocycles. The van der Waals surface area contributed by atoms with Crippen molar-refractivity contribution in [1.29, 1.82) is 0 Å². The van der Waals surface area contributed by atoms with E-state index in [1.54, 1.807) is 4.90 Å². The Morgan fingerprint density at radius 1 is 1.07 bits per heavy atom. The number of para-hydroxylation sites is 1. The Morgan fingerprint density at radius 3 is 2.56 bits per heavy atom. The minimum Gasteiger partial charge on any atom is -0.356 e. The standard InChI is InChI=1S/C19H14N4O4/c24-18-17-16-14(13-3-1-2-4-15(13)20-16)9-10-21(17)19(25)22(18)11-5-7-12(8-6-11)23(26)27/h1-8,17,20H,9-10H2. The highest BCUT2D eigenvalue weighted by atomic mass is 16.6. The van der Waals surface area contributed by atoms with Gasteiger partial charge in [-0.05, 0) is 30.2 Å². The number of amides is 3. The Kier molecular flexibility index (Phi) is 3.12. The summed E-state index contributed by atoms with van der Waals surface area (Å²) >= 11 is 0. The van der Waals surface area contributed by atoms with E-state index in [1.807, 2.05) is 24.3 Å². The molecular weight excluding hydrogens is 348 g/mol. The van der Waals surface area contributed by atoms with E-state index in [1.165, 1.54) is 24.3 Å². The first kappa shape index (κ1) is 15.6. The lowest BCUT2D eigenvalue weighted by Gasteiger charge is -2.26. The van der Waals surface area contributed by atoms with Crippen LogP contribution in [0.4, 0.5) is 16.2 Å². The molecule has 5 rings (SSSR count). The number of fused-ring (bicyclic) bond motifs is 5. The van der Waals surface area contributed by atoms with Gasteiger partial charge in [-0.3, -0.25) is 14.9 Å². The van der Waals surface area contributed by atoms with Gasteiger partial charge in [0, 0.05) is 29.6 Å². The third-order valence-corrected chi connectivity index (χ3v) is 5.24. The molecule has 3 aromatic rings. The Labute approximate surface area is 153 Å². The number of aromatic amines is 1. The molecule has 1 unspecified atom stereocenters. The van der Waals surface area contributed by atoms with Crippen molar-refractivity contribution in [2.24, 2.45) is 0 Å². The summed E-state index contributed by atoms with van der Waals surface area (Å²) in [5.74, 6) is -0.346. The molecule has 0 radical (unpaired) electrons. The van der Waals surface area contributed by atoms with Crippen LogP contribution in [0.15, 0.2) is 48.5 Å². The van der Waals surface area contributed by atoms with E-state index in [-0.39, 0.29) is 11.6 Å². The van der Waals surface area contributed by atoms with Gasteiger partial charge in [-0.15, -0.1) is 0 Å². The molecule has 3 amide bonds. The number of anilines is 1. The summed E-state index contributed by atoms with van der Waals surface area (Å²) in [6.07, 6.45) is 0.670. The fraction of sp³-hybridized carbons (Fsp3) is 0.158. The molecule has 0 saturated carbocycles. The molecule has 27 heavy (non-hydrogen) atoms. The molecular formula is C19H14N4O4. The molecule has 1 atom stereocenters. The number of nitro groups is 1. The Morgan fingerprint density at radius 2 is 1.81 bits per heavy atom. The highest BCUT2D eigenvalue weighted by Crippen LogP contribution is 2.41. The quantitative estimate of drug-likeness (QED) is 0.430. The molecule has 1 fully saturated rings. The molecule has 1 aromatic heterocycles. The number of nitro benzene ring substituents is 1. The number of urea groups is 1. The van der Waals surface area contributed by atoms with Crippen LogP contribution in [0.1, 0.15) is 17.3 Å².